The van der Waals surface area contributed by atoms with Gasteiger partial charge >= 0.3 is 5.97 Å². The van der Waals surface area contributed by atoms with Crippen molar-refractivity contribution < 1.29 is 17.9 Å². The van der Waals surface area contributed by atoms with E-state index in [0.717, 1.165) is 5.56 Å². The molecule has 0 aliphatic rings. The predicted octanol–water partition coefficient (Wildman–Crippen LogP) is 3.03. The van der Waals surface area contributed by atoms with E-state index in [1.807, 2.05) is 30.3 Å². The van der Waals surface area contributed by atoms with Crippen LogP contribution in [0.5, 0.6) is 0 Å². The Bertz CT molecular complexity index is 886. The SMILES string of the molecule is CCOC(=O)c1c(S(=O)(=O)N(CC)Cc2ccccc2)c(C)n(C)c1C. The summed E-state index contributed by atoms with van der Waals surface area (Å²) < 4.78 is 35.0. The number of carbonyl (C=O) groups is 1. The molecule has 0 amide bonds. The Morgan fingerprint density at radius 1 is 1.12 bits per heavy atom. The predicted molar refractivity (Wildman–Crippen MR) is 101 cm³/mol. The van der Waals surface area contributed by atoms with Crippen molar-refractivity contribution >= 4 is 16.0 Å². The molecule has 0 N–H and O–H groups in total. The monoisotopic (exact) mass is 378 g/mol. The van der Waals surface area contributed by atoms with Crippen molar-refractivity contribution in [3.8, 4) is 0 Å². The molecule has 2 rings (SSSR count). The molecule has 0 saturated carbocycles. The van der Waals surface area contributed by atoms with Gasteiger partial charge in [-0.1, -0.05) is 37.3 Å². The Balaban J connectivity index is 2.57. The van der Waals surface area contributed by atoms with Gasteiger partial charge in [-0.05, 0) is 26.3 Å². The van der Waals surface area contributed by atoms with Gasteiger partial charge in [-0.15, -0.1) is 0 Å². The number of rotatable bonds is 7. The highest BCUT2D eigenvalue weighted by molar-refractivity contribution is 7.89. The number of aromatic nitrogens is 1. The van der Waals surface area contributed by atoms with Crippen molar-refractivity contribution in [1.82, 2.24) is 8.87 Å². The fraction of sp³-hybridized carbons (Fsp3) is 0.421. The van der Waals surface area contributed by atoms with Gasteiger partial charge in [0.2, 0.25) is 10.0 Å². The first-order valence-corrected chi connectivity index (χ1v) is 10.1. The Labute approximate surface area is 155 Å². The van der Waals surface area contributed by atoms with Crippen LogP contribution in [0.15, 0.2) is 35.2 Å². The summed E-state index contributed by atoms with van der Waals surface area (Å²) in [6.07, 6.45) is 0. The van der Waals surface area contributed by atoms with Crippen molar-refractivity contribution in [2.45, 2.75) is 39.1 Å². The van der Waals surface area contributed by atoms with Gasteiger partial charge in [0, 0.05) is 31.5 Å². The lowest BCUT2D eigenvalue weighted by atomic mass is 10.2. The summed E-state index contributed by atoms with van der Waals surface area (Å²) in [5, 5.41) is 0. The van der Waals surface area contributed by atoms with Crippen LogP contribution in [0.4, 0.5) is 0 Å². The second kappa shape index (κ2) is 8.05. The van der Waals surface area contributed by atoms with E-state index in [0.29, 0.717) is 17.9 Å². The van der Waals surface area contributed by atoms with Crippen LogP contribution in [0, 0.1) is 13.8 Å². The molecule has 0 radical (unpaired) electrons. The lowest BCUT2D eigenvalue weighted by Crippen LogP contribution is -2.32. The molecule has 0 spiro atoms. The molecule has 7 heteroatoms. The highest BCUT2D eigenvalue weighted by Gasteiger charge is 2.35. The molecule has 0 saturated heterocycles. The number of hydrogen-bond donors (Lipinski definition) is 0. The van der Waals surface area contributed by atoms with E-state index in [9.17, 15) is 13.2 Å². The van der Waals surface area contributed by atoms with Crippen molar-refractivity contribution in [2.75, 3.05) is 13.2 Å². The Morgan fingerprint density at radius 3 is 2.27 bits per heavy atom. The van der Waals surface area contributed by atoms with Crippen molar-refractivity contribution in [2.24, 2.45) is 7.05 Å². The minimum Gasteiger partial charge on any atom is -0.462 e. The van der Waals surface area contributed by atoms with Crippen LogP contribution in [-0.4, -0.2) is 36.4 Å². The average Bonchev–Trinajstić information content (AvgIpc) is 2.85. The fourth-order valence-electron chi connectivity index (χ4n) is 2.96. The second-order valence-corrected chi connectivity index (χ2v) is 7.95. The highest BCUT2D eigenvalue weighted by Crippen LogP contribution is 2.30. The van der Waals surface area contributed by atoms with E-state index < -0.39 is 16.0 Å². The van der Waals surface area contributed by atoms with Gasteiger partial charge in [0.15, 0.2) is 0 Å². The Hall–Kier alpha value is -2.12. The maximum absolute atomic E-state index is 13.4. The lowest BCUT2D eigenvalue weighted by molar-refractivity contribution is 0.0521. The standard InChI is InChI=1S/C19H26N2O4S/c1-6-21(13-16-11-9-8-10-12-16)26(23,24)18-15(4)20(5)14(3)17(18)19(22)25-7-2/h8-12H,6-7,13H2,1-5H3. The third-order valence-corrected chi connectivity index (χ3v) is 6.64. The van der Waals surface area contributed by atoms with Crippen molar-refractivity contribution in [3.63, 3.8) is 0 Å². The second-order valence-electron chi connectivity index (χ2n) is 6.07. The minimum atomic E-state index is -3.86. The number of nitrogens with zero attached hydrogens (tertiary/aromatic N) is 2. The summed E-state index contributed by atoms with van der Waals surface area (Å²) in [5.74, 6) is -0.608. The van der Waals surface area contributed by atoms with Gasteiger partial charge in [0.1, 0.15) is 10.5 Å². The minimum absolute atomic E-state index is 0.0359. The lowest BCUT2D eigenvalue weighted by Gasteiger charge is -2.21. The van der Waals surface area contributed by atoms with Gasteiger partial charge in [0.05, 0.1) is 6.61 Å². The van der Waals surface area contributed by atoms with E-state index >= 15 is 0 Å². The zero-order valence-corrected chi connectivity index (χ0v) is 16.8. The number of sulfonamides is 1. The Kier molecular flexibility index (Phi) is 6.26. The molecule has 1 aromatic heterocycles. The molecular weight excluding hydrogens is 352 g/mol. The summed E-state index contributed by atoms with van der Waals surface area (Å²) in [4.78, 5) is 12.5. The van der Waals surface area contributed by atoms with Crippen LogP contribution >= 0.6 is 0 Å². The molecule has 0 aliphatic heterocycles. The average molecular weight is 378 g/mol. The normalized spacial score (nSPS) is 11.8. The summed E-state index contributed by atoms with van der Waals surface area (Å²) in [5.41, 5.74) is 2.12. The third-order valence-electron chi connectivity index (χ3n) is 4.56. The quantitative estimate of drug-likeness (QED) is 0.695. The molecule has 142 valence electrons. The largest absolute Gasteiger partial charge is 0.462 e. The zero-order chi connectivity index (χ0) is 19.5. The van der Waals surface area contributed by atoms with E-state index in [1.165, 1.54) is 4.31 Å². The smallest absolute Gasteiger partial charge is 0.341 e. The third kappa shape index (κ3) is 3.68. The van der Waals surface area contributed by atoms with Crippen molar-refractivity contribution in [3.05, 3.63) is 52.8 Å². The highest BCUT2D eigenvalue weighted by atomic mass is 32.2. The van der Waals surface area contributed by atoms with Crippen molar-refractivity contribution in [1.29, 1.82) is 0 Å². The van der Waals surface area contributed by atoms with Crippen LogP contribution in [0.1, 0.15) is 41.2 Å². The number of carbonyl (C=O) groups excluding carboxylic acids is 1. The number of benzene rings is 1. The van der Waals surface area contributed by atoms with Crippen LogP contribution in [-0.2, 0) is 28.4 Å². The van der Waals surface area contributed by atoms with Crippen LogP contribution < -0.4 is 0 Å². The number of ether oxygens (including phenoxy) is 1. The summed E-state index contributed by atoms with van der Waals surface area (Å²) in [7, 11) is -2.11. The summed E-state index contributed by atoms with van der Waals surface area (Å²) in [6.45, 7) is 7.65. The van der Waals surface area contributed by atoms with Crippen LogP contribution in [0.25, 0.3) is 0 Å². The molecule has 0 fully saturated rings. The molecule has 0 atom stereocenters. The summed E-state index contributed by atoms with van der Waals surface area (Å²) >= 11 is 0. The molecule has 0 bridgehead atoms. The van der Waals surface area contributed by atoms with Crippen LogP contribution in [0.2, 0.25) is 0 Å². The topological polar surface area (TPSA) is 68.6 Å². The first kappa shape index (κ1) is 20.2. The first-order valence-electron chi connectivity index (χ1n) is 8.62. The van der Waals surface area contributed by atoms with Gasteiger partial charge in [-0.25, -0.2) is 13.2 Å². The molecule has 26 heavy (non-hydrogen) atoms. The maximum Gasteiger partial charge on any atom is 0.341 e. The summed E-state index contributed by atoms with van der Waals surface area (Å²) in [6, 6.07) is 9.40. The molecule has 1 aromatic carbocycles. The number of hydrogen-bond acceptors (Lipinski definition) is 4. The van der Waals surface area contributed by atoms with E-state index in [2.05, 4.69) is 0 Å². The van der Waals surface area contributed by atoms with E-state index in [-0.39, 0.29) is 23.6 Å². The zero-order valence-electron chi connectivity index (χ0n) is 15.9. The van der Waals surface area contributed by atoms with Gasteiger partial charge in [0.25, 0.3) is 0 Å². The van der Waals surface area contributed by atoms with E-state index in [1.54, 1.807) is 39.3 Å². The van der Waals surface area contributed by atoms with E-state index in [4.69, 9.17) is 4.74 Å². The molecule has 0 aliphatic carbocycles. The van der Waals surface area contributed by atoms with Gasteiger partial charge in [-0.3, -0.25) is 0 Å². The van der Waals surface area contributed by atoms with Crippen LogP contribution in [0.3, 0.4) is 0 Å². The molecular formula is C19H26N2O4S. The Morgan fingerprint density at radius 2 is 1.73 bits per heavy atom. The molecule has 6 nitrogen and oxygen atoms in total. The first-order chi connectivity index (χ1) is 12.3. The maximum atomic E-state index is 13.4. The van der Waals surface area contributed by atoms with Gasteiger partial charge in [-0.2, -0.15) is 4.31 Å². The molecule has 2 aromatic rings. The molecule has 0 unspecified atom stereocenters. The van der Waals surface area contributed by atoms with Gasteiger partial charge < -0.3 is 9.30 Å². The fourth-order valence-corrected chi connectivity index (χ4v) is 4.88. The molecule has 1 heterocycles. The number of esters is 1.